The molecule has 0 radical (unpaired) electrons. The first kappa shape index (κ1) is 14.7. The van der Waals surface area contributed by atoms with Gasteiger partial charge >= 0.3 is 5.97 Å². The number of aliphatic carboxylic acids is 1. The monoisotopic (exact) mass is 255 g/mol. The van der Waals surface area contributed by atoms with Gasteiger partial charge in [-0.25, -0.2) is 0 Å². The second kappa shape index (κ2) is 6.00. The average molecular weight is 255 g/mol. The van der Waals surface area contributed by atoms with E-state index in [4.69, 9.17) is 9.84 Å². The summed E-state index contributed by atoms with van der Waals surface area (Å²) in [6.45, 7) is 8.61. The summed E-state index contributed by atoms with van der Waals surface area (Å²) in [5, 5.41) is 11.7. The van der Waals surface area contributed by atoms with Gasteiger partial charge in [-0.15, -0.1) is 6.58 Å². The van der Waals surface area contributed by atoms with Crippen molar-refractivity contribution in [3.8, 4) is 0 Å². The number of hydrogen-bond donors (Lipinski definition) is 2. The summed E-state index contributed by atoms with van der Waals surface area (Å²) in [4.78, 5) is 22.7. The fourth-order valence-electron chi connectivity index (χ4n) is 2.21. The molecular weight excluding hydrogens is 234 g/mol. The van der Waals surface area contributed by atoms with Gasteiger partial charge in [-0.05, 0) is 11.8 Å². The summed E-state index contributed by atoms with van der Waals surface area (Å²) in [5.74, 6) is -2.09. The summed E-state index contributed by atoms with van der Waals surface area (Å²) in [5.41, 5.74) is -0.445. The summed E-state index contributed by atoms with van der Waals surface area (Å²) in [6, 6.07) is 0. The second-order valence-electron chi connectivity index (χ2n) is 5.10. The highest BCUT2D eigenvalue weighted by atomic mass is 16.5. The van der Waals surface area contributed by atoms with Gasteiger partial charge in [0.1, 0.15) is 0 Å². The largest absolute Gasteiger partial charge is 0.481 e. The van der Waals surface area contributed by atoms with Crippen molar-refractivity contribution in [2.24, 2.45) is 17.3 Å². The van der Waals surface area contributed by atoms with Crippen LogP contribution in [-0.2, 0) is 14.3 Å². The van der Waals surface area contributed by atoms with E-state index in [0.29, 0.717) is 19.8 Å². The van der Waals surface area contributed by atoms with E-state index in [9.17, 15) is 9.59 Å². The van der Waals surface area contributed by atoms with Crippen molar-refractivity contribution in [2.75, 3.05) is 19.8 Å². The summed E-state index contributed by atoms with van der Waals surface area (Å²) >= 11 is 0. The van der Waals surface area contributed by atoms with Gasteiger partial charge < -0.3 is 15.2 Å². The molecule has 1 aliphatic rings. The number of carboxylic acids is 1. The fraction of sp³-hybridized carbons (Fsp3) is 0.692. The highest BCUT2D eigenvalue weighted by molar-refractivity contribution is 5.91. The van der Waals surface area contributed by atoms with Crippen molar-refractivity contribution in [1.29, 1.82) is 0 Å². The molecule has 0 aromatic heterocycles. The molecule has 0 aromatic rings. The van der Waals surface area contributed by atoms with E-state index in [1.165, 1.54) is 0 Å². The number of ether oxygens (including phenoxy) is 1. The zero-order chi connectivity index (χ0) is 13.8. The lowest BCUT2D eigenvalue weighted by atomic mass is 10.1. The Labute approximate surface area is 107 Å². The summed E-state index contributed by atoms with van der Waals surface area (Å²) < 4.78 is 5.25. The van der Waals surface area contributed by atoms with Gasteiger partial charge in [0.25, 0.3) is 0 Å². The minimum Gasteiger partial charge on any atom is -0.481 e. The second-order valence-corrected chi connectivity index (χ2v) is 5.10. The Morgan fingerprint density at radius 3 is 2.56 bits per heavy atom. The lowest BCUT2D eigenvalue weighted by Crippen LogP contribution is -2.30. The Morgan fingerprint density at radius 2 is 2.06 bits per heavy atom. The van der Waals surface area contributed by atoms with Crippen LogP contribution in [0.5, 0.6) is 0 Å². The number of carbonyl (C=O) groups is 2. The minimum absolute atomic E-state index is 0.195. The van der Waals surface area contributed by atoms with E-state index in [-0.39, 0.29) is 5.91 Å². The maximum atomic E-state index is 11.8. The van der Waals surface area contributed by atoms with Crippen LogP contribution in [0.15, 0.2) is 12.7 Å². The number of rotatable bonds is 8. The van der Waals surface area contributed by atoms with Crippen molar-refractivity contribution >= 4 is 11.9 Å². The molecule has 5 nitrogen and oxygen atoms in total. The SMILES string of the molecule is C=CCCOCCNC(=O)C1C(C(=O)O)C1(C)C. The fourth-order valence-corrected chi connectivity index (χ4v) is 2.21. The van der Waals surface area contributed by atoms with Crippen molar-refractivity contribution < 1.29 is 19.4 Å². The standard InChI is InChI=1S/C13H21NO4/c1-4-5-7-18-8-6-14-11(15)9-10(12(16)17)13(9,2)3/h4,9-10H,1,5-8H2,2-3H3,(H,14,15)(H,16,17). The smallest absolute Gasteiger partial charge is 0.307 e. The number of carboxylic acid groups (broad SMARTS) is 1. The van der Waals surface area contributed by atoms with Crippen molar-refractivity contribution in [3.63, 3.8) is 0 Å². The lowest BCUT2D eigenvalue weighted by molar-refractivity contribution is -0.140. The maximum Gasteiger partial charge on any atom is 0.307 e. The maximum absolute atomic E-state index is 11.8. The van der Waals surface area contributed by atoms with Crippen LogP contribution < -0.4 is 5.32 Å². The van der Waals surface area contributed by atoms with Crippen molar-refractivity contribution in [3.05, 3.63) is 12.7 Å². The van der Waals surface area contributed by atoms with E-state index in [1.807, 2.05) is 0 Å². The molecule has 5 heteroatoms. The van der Waals surface area contributed by atoms with E-state index < -0.39 is 23.2 Å². The first-order chi connectivity index (χ1) is 8.42. The number of nitrogens with one attached hydrogen (secondary N) is 1. The van der Waals surface area contributed by atoms with E-state index in [2.05, 4.69) is 11.9 Å². The molecule has 2 unspecified atom stereocenters. The van der Waals surface area contributed by atoms with Gasteiger partial charge in [0.2, 0.25) is 5.91 Å². The third kappa shape index (κ3) is 3.32. The van der Waals surface area contributed by atoms with Gasteiger partial charge in [-0.2, -0.15) is 0 Å². The van der Waals surface area contributed by atoms with Crippen molar-refractivity contribution in [1.82, 2.24) is 5.32 Å². The Kier molecular flexibility index (Phi) is 4.90. The highest BCUT2D eigenvalue weighted by Gasteiger charge is 2.65. The normalized spacial score (nSPS) is 24.3. The molecule has 0 spiro atoms. The van der Waals surface area contributed by atoms with Gasteiger partial charge in [0, 0.05) is 6.54 Å². The van der Waals surface area contributed by atoms with Crippen LogP contribution in [0.2, 0.25) is 0 Å². The third-order valence-electron chi connectivity index (χ3n) is 3.39. The van der Waals surface area contributed by atoms with Crippen molar-refractivity contribution in [2.45, 2.75) is 20.3 Å². The highest BCUT2D eigenvalue weighted by Crippen LogP contribution is 2.58. The first-order valence-electron chi connectivity index (χ1n) is 6.12. The minimum atomic E-state index is -0.901. The molecule has 1 saturated carbocycles. The predicted molar refractivity (Wildman–Crippen MR) is 67.0 cm³/mol. The van der Waals surface area contributed by atoms with Gasteiger partial charge in [-0.1, -0.05) is 19.9 Å². The molecule has 1 fully saturated rings. The average Bonchev–Trinajstić information content (AvgIpc) is 2.86. The Bertz CT molecular complexity index is 338. The molecule has 0 aliphatic heterocycles. The van der Waals surface area contributed by atoms with E-state index in [0.717, 1.165) is 6.42 Å². The molecular formula is C13H21NO4. The summed E-state index contributed by atoms with van der Waals surface area (Å²) in [6.07, 6.45) is 2.55. The molecule has 2 N–H and O–H groups in total. The molecule has 102 valence electrons. The third-order valence-corrected chi connectivity index (χ3v) is 3.39. The number of carbonyl (C=O) groups excluding carboxylic acids is 1. The van der Waals surface area contributed by atoms with Crippen LogP contribution in [0.1, 0.15) is 20.3 Å². The zero-order valence-corrected chi connectivity index (χ0v) is 10.9. The molecule has 18 heavy (non-hydrogen) atoms. The molecule has 0 aromatic carbocycles. The van der Waals surface area contributed by atoms with E-state index in [1.54, 1.807) is 19.9 Å². The Balaban J connectivity index is 2.22. The quantitative estimate of drug-likeness (QED) is 0.502. The van der Waals surface area contributed by atoms with Crippen LogP contribution in [0.3, 0.4) is 0 Å². The molecule has 0 saturated heterocycles. The predicted octanol–water partition coefficient (Wildman–Crippen LogP) is 1.05. The molecule has 1 rings (SSSR count). The number of amides is 1. The topological polar surface area (TPSA) is 75.6 Å². The van der Waals surface area contributed by atoms with Crippen LogP contribution in [0.4, 0.5) is 0 Å². The van der Waals surface area contributed by atoms with Crippen LogP contribution in [0.25, 0.3) is 0 Å². The first-order valence-corrected chi connectivity index (χ1v) is 6.12. The summed E-state index contributed by atoms with van der Waals surface area (Å²) in [7, 11) is 0. The van der Waals surface area contributed by atoms with Crippen LogP contribution in [-0.4, -0.2) is 36.7 Å². The molecule has 2 atom stereocenters. The van der Waals surface area contributed by atoms with E-state index >= 15 is 0 Å². The van der Waals surface area contributed by atoms with Gasteiger partial charge in [-0.3, -0.25) is 9.59 Å². The van der Waals surface area contributed by atoms with Gasteiger partial charge in [0.05, 0.1) is 25.0 Å². The molecule has 0 bridgehead atoms. The Hall–Kier alpha value is -1.36. The molecule has 0 heterocycles. The molecule has 1 amide bonds. The number of hydrogen-bond acceptors (Lipinski definition) is 3. The lowest BCUT2D eigenvalue weighted by Gasteiger charge is -2.06. The van der Waals surface area contributed by atoms with Gasteiger partial charge in [0.15, 0.2) is 0 Å². The van der Waals surface area contributed by atoms with Crippen LogP contribution >= 0.6 is 0 Å². The zero-order valence-electron chi connectivity index (χ0n) is 10.9. The molecule has 1 aliphatic carbocycles. The Morgan fingerprint density at radius 1 is 1.39 bits per heavy atom. The van der Waals surface area contributed by atoms with Crippen LogP contribution in [0, 0.1) is 17.3 Å².